The monoisotopic (exact) mass is 182 g/mol. The predicted octanol–water partition coefficient (Wildman–Crippen LogP) is -1.07. The van der Waals surface area contributed by atoms with E-state index in [2.05, 4.69) is 15.5 Å². The van der Waals surface area contributed by atoms with E-state index in [1.54, 1.807) is 6.92 Å². The van der Waals surface area contributed by atoms with Crippen LogP contribution in [0.3, 0.4) is 0 Å². The van der Waals surface area contributed by atoms with Crippen molar-refractivity contribution < 1.29 is 9.59 Å². The molecule has 0 unspecified atom stereocenters. The number of hydrogen-bond acceptors (Lipinski definition) is 3. The van der Waals surface area contributed by atoms with E-state index >= 15 is 0 Å². The molecule has 0 bridgehead atoms. The Kier molecular flexibility index (Phi) is 2.63. The van der Waals surface area contributed by atoms with Crippen LogP contribution in [0.5, 0.6) is 0 Å². The lowest BCUT2D eigenvalue weighted by molar-refractivity contribution is -0.117. The number of carbonyl (C=O) groups excluding carboxylic acids is 2. The van der Waals surface area contributed by atoms with E-state index in [1.165, 1.54) is 6.20 Å². The van der Waals surface area contributed by atoms with Gasteiger partial charge in [0.2, 0.25) is 5.91 Å². The number of aryl methyl sites for hydroxylation is 1. The molecular weight excluding hydrogens is 172 g/mol. The number of hydrogen-bond donors (Lipinski definition) is 3. The van der Waals surface area contributed by atoms with Crippen molar-refractivity contribution in [2.24, 2.45) is 5.73 Å². The summed E-state index contributed by atoms with van der Waals surface area (Å²) in [7, 11) is 0. The summed E-state index contributed by atoms with van der Waals surface area (Å²) in [6, 6.07) is 0. The number of aromatic nitrogens is 2. The van der Waals surface area contributed by atoms with E-state index in [0.717, 1.165) is 0 Å². The quantitative estimate of drug-likeness (QED) is 0.555. The van der Waals surface area contributed by atoms with Crippen LogP contribution in [-0.4, -0.2) is 28.6 Å². The van der Waals surface area contributed by atoms with Crippen LogP contribution in [-0.2, 0) is 4.79 Å². The van der Waals surface area contributed by atoms with Crippen LogP contribution in [0, 0.1) is 6.92 Å². The molecule has 0 spiro atoms. The van der Waals surface area contributed by atoms with Crippen molar-refractivity contribution in [1.29, 1.82) is 0 Å². The molecule has 1 rings (SSSR count). The standard InChI is InChI=1S/C7H10N4O2/c1-4-5(2-10-11-4)7(13)9-3-6(8)12/h2H,3H2,1H3,(H2,8,12)(H,9,13)(H,10,11). The molecule has 1 aromatic heterocycles. The normalized spacial score (nSPS) is 9.62. The molecule has 0 fully saturated rings. The minimum absolute atomic E-state index is 0.163. The number of rotatable bonds is 3. The van der Waals surface area contributed by atoms with Crippen molar-refractivity contribution >= 4 is 11.8 Å². The fourth-order valence-electron chi connectivity index (χ4n) is 0.842. The molecule has 6 heteroatoms. The summed E-state index contributed by atoms with van der Waals surface area (Å²) in [5.74, 6) is -0.931. The minimum Gasteiger partial charge on any atom is -0.368 e. The molecule has 1 heterocycles. The molecule has 2 amide bonds. The molecule has 0 aliphatic rings. The first-order valence-electron chi connectivity index (χ1n) is 3.67. The molecule has 0 atom stereocenters. The summed E-state index contributed by atoms with van der Waals surface area (Å²) in [6.07, 6.45) is 1.39. The van der Waals surface area contributed by atoms with Gasteiger partial charge in [-0.3, -0.25) is 14.7 Å². The Morgan fingerprint density at radius 2 is 2.38 bits per heavy atom. The van der Waals surface area contributed by atoms with Crippen LogP contribution in [0.2, 0.25) is 0 Å². The highest BCUT2D eigenvalue weighted by molar-refractivity contribution is 5.96. The Balaban J connectivity index is 2.59. The molecule has 0 aromatic carbocycles. The maximum Gasteiger partial charge on any atom is 0.255 e. The lowest BCUT2D eigenvalue weighted by Crippen LogP contribution is -2.33. The van der Waals surface area contributed by atoms with Gasteiger partial charge in [0.15, 0.2) is 0 Å². The van der Waals surface area contributed by atoms with Gasteiger partial charge in [-0.1, -0.05) is 0 Å². The van der Waals surface area contributed by atoms with Gasteiger partial charge in [0.1, 0.15) is 0 Å². The van der Waals surface area contributed by atoms with E-state index in [9.17, 15) is 9.59 Å². The van der Waals surface area contributed by atoms with Gasteiger partial charge >= 0.3 is 0 Å². The number of primary amides is 1. The van der Waals surface area contributed by atoms with Crippen molar-refractivity contribution in [3.8, 4) is 0 Å². The second kappa shape index (κ2) is 3.70. The SMILES string of the molecule is Cc1[nH]ncc1C(=O)NCC(N)=O. The third kappa shape index (κ3) is 2.29. The maximum absolute atomic E-state index is 11.3. The van der Waals surface area contributed by atoms with E-state index < -0.39 is 5.91 Å². The highest BCUT2D eigenvalue weighted by Crippen LogP contribution is 2.00. The largest absolute Gasteiger partial charge is 0.368 e. The van der Waals surface area contributed by atoms with Gasteiger partial charge in [0.05, 0.1) is 18.3 Å². The molecule has 70 valence electrons. The first-order valence-corrected chi connectivity index (χ1v) is 3.67. The fourth-order valence-corrected chi connectivity index (χ4v) is 0.842. The number of nitrogens with two attached hydrogens (primary N) is 1. The Hall–Kier alpha value is -1.85. The molecule has 0 aliphatic heterocycles. The summed E-state index contributed by atoms with van der Waals surface area (Å²) >= 11 is 0. The number of nitrogens with zero attached hydrogens (tertiary/aromatic N) is 1. The number of nitrogens with one attached hydrogen (secondary N) is 2. The summed E-state index contributed by atoms with van der Waals surface area (Å²) in [5, 5.41) is 8.63. The number of amides is 2. The minimum atomic E-state index is -0.575. The smallest absolute Gasteiger partial charge is 0.255 e. The van der Waals surface area contributed by atoms with Crippen molar-refractivity contribution in [2.75, 3.05) is 6.54 Å². The summed E-state index contributed by atoms with van der Waals surface area (Å²) in [6.45, 7) is 1.55. The van der Waals surface area contributed by atoms with E-state index in [4.69, 9.17) is 5.73 Å². The zero-order valence-corrected chi connectivity index (χ0v) is 7.13. The molecule has 1 aromatic rings. The fraction of sp³-hybridized carbons (Fsp3) is 0.286. The second-order valence-electron chi connectivity index (χ2n) is 2.56. The third-order valence-corrected chi connectivity index (χ3v) is 1.50. The number of carbonyl (C=O) groups is 2. The van der Waals surface area contributed by atoms with E-state index in [-0.39, 0.29) is 12.5 Å². The highest BCUT2D eigenvalue weighted by atomic mass is 16.2. The summed E-state index contributed by atoms with van der Waals surface area (Å²) in [5.41, 5.74) is 5.93. The van der Waals surface area contributed by atoms with Gasteiger partial charge in [-0.25, -0.2) is 0 Å². The molecule has 0 saturated carbocycles. The molecule has 0 saturated heterocycles. The van der Waals surface area contributed by atoms with Crippen LogP contribution in [0.15, 0.2) is 6.20 Å². The molecule has 6 nitrogen and oxygen atoms in total. The van der Waals surface area contributed by atoms with Crippen LogP contribution >= 0.6 is 0 Å². The number of aromatic amines is 1. The molecule has 0 aliphatic carbocycles. The van der Waals surface area contributed by atoms with Crippen LogP contribution in [0.1, 0.15) is 16.1 Å². The third-order valence-electron chi connectivity index (χ3n) is 1.50. The first-order chi connectivity index (χ1) is 6.11. The topological polar surface area (TPSA) is 101 Å². The van der Waals surface area contributed by atoms with Gasteiger partial charge in [-0.15, -0.1) is 0 Å². The summed E-state index contributed by atoms with van der Waals surface area (Å²) in [4.78, 5) is 21.6. The molecule has 4 N–H and O–H groups in total. The second-order valence-corrected chi connectivity index (χ2v) is 2.56. The molecular formula is C7H10N4O2. The Bertz CT molecular complexity index is 331. The summed E-state index contributed by atoms with van der Waals surface area (Å²) < 4.78 is 0. The van der Waals surface area contributed by atoms with E-state index in [1.807, 2.05) is 0 Å². The van der Waals surface area contributed by atoms with Crippen molar-refractivity contribution in [2.45, 2.75) is 6.92 Å². The lowest BCUT2D eigenvalue weighted by atomic mass is 10.2. The van der Waals surface area contributed by atoms with Crippen LogP contribution in [0.4, 0.5) is 0 Å². The van der Waals surface area contributed by atoms with Gasteiger partial charge in [0.25, 0.3) is 5.91 Å². The van der Waals surface area contributed by atoms with Gasteiger partial charge in [-0.2, -0.15) is 5.10 Å². The van der Waals surface area contributed by atoms with Crippen molar-refractivity contribution in [3.05, 3.63) is 17.5 Å². The van der Waals surface area contributed by atoms with E-state index in [0.29, 0.717) is 11.3 Å². The lowest BCUT2D eigenvalue weighted by Gasteiger charge is -1.99. The molecule has 13 heavy (non-hydrogen) atoms. The van der Waals surface area contributed by atoms with Crippen LogP contribution < -0.4 is 11.1 Å². The van der Waals surface area contributed by atoms with Crippen molar-refractivity contribution in [3.63, 3.8) is 0 Å². The Morgan fingerprint density at radius 1 is 1.69 bits per heavy atom. The van der Waals surface area contributed by atoms with Gasteiger partial charge in [0, 0.05) is 5.69 Å². The average Bonchev–Trinajstić information content (AvgIpc) is 2.47. The molecule has 0 radical (unpaired) electrons. The van der Waals surface area contributed by atoms with Crippen LogP contribution in [0.25, 0.3) is 0 Å². The zero-order valence-electron chi connectivity index (χ0n) is 7.13. The zero-order chi connectivity index (χ0) is 9.84. The van der Waals surface area contributed by atoms with Gasteiger partial charge < -0.3 is 11.1 Å². The Morgan fingerprint density at radius 3 is 2.85 bits per heavy atom. The maximum atomic E-state index is 11.3. The first kappa shape index (κ1) is 9.24. The van der Waals surface area contributed by atoms with Gasteiger partial charge in [-0.05, 0) is 6.92 Å². The average molecular weight is 182 g/mol. The highest BCUT2D eigenvalue weighted by Gasteiger charge is 2.10. The van der Waals surface area contributed by atoms with Crippen molar-refractivity contribution in [1.82, 2.24) is 15.5 Å². The predicted molar refractivity (Wildman–Crippen MR) is 44.9 cm³/mol. The number of H-pyrrole nitrogens is 1. The Labute approximate surface area is 74.5 Å².